The molecule has 3 rings (SSSR count). The van der Waals surface area contributed by atoms with Crippen LogP contribution in [0.5, 0.6) is 5.75 Å². The lowest BCUT2D eigenvalue weighted by Gasteiger charge is -2.06. The summed E-state index contributed by atoms with van der Waals surface area (Å²) in [6, 6.07) is 8.56. The van der Waals surface area contributed by atoms with Crippen molar-refractivity contribution in [2.24, 2.45) is 7.05 Å². The van der Waals surface area contributed by atoms with E-state index in [1.165, 1.54) is 6.08 Å². The normalized spacial score (nSPS) is 11.2. The summed E-state index contributed by atoms with van der Waals surface area (Å²) in [5.41, 5.74) is 1.38. The molecule has 2 aromatic heterocycles. The highest BCUT2D eigenvalue weighted by Crippen LogP contribution is 2.28. The van der Waals surface area contributed by atoms with Gasteiger partial charge in [0, 0.05) is 17.8 Å². The van der Waals surface area contributed by atoms with Gasteiger partial charge in [-0.25, -0.2) is 0 Å². The summed E-state index contributed by atoms with van der Waals surface area (Å²) in [6.45, 7) is 2.06. The van der Waals surface area contributed by atoms with Gasteiger partial charge in [0.15, 0.2) is 5.78 Å². The van der Waals surface area contributed by atoms with Crippen LogP contribution in [0.15, 0.2) is 47.0 Å². The van der Waals surface area contributed by atoms with Crippen LogP contribution >= 0.6 is 23.2 Å². The lowest BCUT2D eigenvalue weighted by atomic mass is 10.1. The van der Waals surface area contributed by atoms with E-state index in [1.54, 1.807) is 54.3 Å². The Hall–Kier alpha value is -2.50. The largest absolute Gasteiger partial charge is 0.484 e. The Morgan fingerprint density at radius 3 is 2.81 bits per heavy atom. The van der Waals surface area contributed by atoms with E-state index in [-0.39, 0.29) is 12.4 Å². The predicted molar refractivity (Wildman–Crippen MR) is 101 cm³/mol. The van der Waals surface area contributed by atoms with Gasteiger partial charge in [-0.05, 0) is 49.4 Å². The summed E-state index contributed by atoms with van der Waals surface area (Å²) in [6.07, 6.45) is 4.64. The van der Waals surface area contributed by atoms with E-state index in [1.807, 2.05) is 6.92 Å². The molecule has 0 unspecified atom stereocenters. The third-order valence-electron chi connectivity index (χ3n) is 3.85. The lowest BCUT2D eigenvalue weighted by molar-refractivity contribution is 0.104. The number of aryl methyl sites for hydroxylation is 1. The van der Waals surface area contributed by atoms with Crippen molar-refractivity contribution in [3.8, 4) is 5.75 Å². The predicted octanol–water partition coefficient (Wildman–Crippen LogP) is 5.10. The third-order valence-corrected chi connectivity index (χ3v) is 4.38. The lowest BCUT2D eigenvalue weighted by Crippen LogP contribution is -1.98. The summed E-state index contributed by atoms with van der Waals surface area (Å²) < 4.78 is 12.9. The fourth-order valence-electron chi connectivity index (χ4n) is 2.29. The van der Waals surface area contributed by atoms with Crippen molar-refractivity contribution >= 4 is 35.1 Å². The molecule has 2 heterocycles. The van der Waals surface area contributed by atoms with E-state index in [2.05, 4.69) is 5.10 Å². The number of hydrogen-bond donors (Lipinski definition) is 0. The topological polar surface area (TPSA) is 57.3 Å². The maximum atomic E-state index is 12.2. The van der Waals surface area contributed by atoms with Gasteiger partial charge in [-0.3, -0.25) is 9.48 Å². The molecule has 0 fully saturated rings. The number of ether oxygens (including phenoxy) is 1. The molecule has 0 N–H and O–H groups in total. The highest BCUT2D eigenvalue weighted by Gasteiger charge is 2.10. The number of hydrogen-bond acceptors (Lipinski definition) is 4. The molecule has 0 spiro atoms. The number of carbonyl (C=O) groups excluding carboxylic acids is 1. The number of allylic oxidation sites excluding steroid dienone is 1. The average Bonchev–Trinajstić information content (AvgIpc) is 3.19. The highest BCUT2D eigenvalue weighted by molar-refractivity contribution is 6.35. The van der Waals surface area contributed by atoms with Crippen molar-refractivity contribution in [1.82, 2.24) is 9.78 Å². The second-order valence-corrected chi connectivity index (χ2v) is 6.48. The number of aromatic nitrogens is 2. The second-order valence-electron chi connectivity index (χ2n) is 5.63. The van der Waals surface area contributed by atoms with Crippen LogP contribution < -0.4 is 4.74 Å². The molecule has 3 aromatic rings. The molecule has 0 saturated heterocycles. The van der Waals surface area contributed by atoms with Gasteiger partial charge in [0.25, 0.3) is 0 Å². The first-order valence-electron chi connectivity index (χ1n) is 7.81. The standard InChI is InChI=1S/C19H16Cl2N2O3/c1-12-16(10-22-23(12)2)18(24)7-6-14-4-5-15(26-14)11-25-19-8-3-13(20)9-17(19)21/h3-10H,11H2,1-2H3. The molecule has 0 saturated carbocycles. The molecule has 0 bridgehead atoms. The molecule has 0 aliphatic rings. The molecule has 0 aliphatic carbocycles. The van der Waals surface area contributed by atoms with Gasteiger partial charge in [0.1, 0.15) is 23.9 Å². The Bertz CT molecular complexity index is 973. The highest BCUT2D eigenvalue weighted by atomic mass is 35.5. The van der Waals surface area contributed by atoms with Gasteiger partial charge in [0.2, 0.25) is 0 Å². The second kappa shape index (κ2) is 7.81. The first kappa shape index (κ1) is 18.3. The van der Waals surface area contributed by atoms with Crippen molar-refractivity contribution in [2.75, 3.05) is 0 Å². The van der Waals surface area contributed by atoms with Crippen LogP contribution in [0.1, 0.15) is 27.6 Å². The van der Waals surface area contributed by atoms with Crippen molar-refractivity contribution in [3.63, 3.8) is 0 Å². The Labute approximate surface area is 160 Å². The van der Waals surface area contributed by atoms with Crippen LogP contribution in [0.4, 0.5) is 0 Å². The van der Waals surface area contributed by atoms with E-state index in [0.717, 1.165) is 5.69 Å². The molecule has 0 aliphatic heterocycles. The van der Waals surface area contributed by atoms with Gasteiger partial charge >= 0.3 is 0 Å². The van der Waals surface area contributed by atoms with Crippen LogP contribution in [0.3, 0.4) is 0 Å². The Morgan fingerprint density at radius 1 is 1.31 bits per heavy atom. The van der Waals surface area contributed by atoms with Crippen molar-refractivity contribution in [2.45, 2.75) is 13.5 Å². The first-order valence-corrected chi connectivity index (χ1v) is 8.57. The maximum Gasteiger partial charge on any atom is 0.189 e. The molecular formula is C19H16Cl2N2O3. The zero-order valence-corrected chi connectivity index (χ0v) is 15.7. The number of rotatable bonds is 6. The molecule has 134 valence electrons. The maximum absolute atomic E-state index is 12.2. The molecule has 5 nitrogen and oxygen atoms in total. The Balaban J connectivity index is 1.62. The molecule has 0 radical (unpaired) electrons. The number of furan rings is 1. The third kappa shape index (κ3) is 4.18. The Kier molecular flexibility index (Phi) is 5.49. The fourth-order valence-corrected chi connectivity index (χ4v) is 2.75. The molecule has 0 amide bonds. The zero-order valence-electron chi connectivity index (χ0n) is 14.2. The molecule has 0 atom stereocenters. The van der Waals surface area contributed by atoms with Crippen molar-refractivity contribution in [1.29, 1.82) is 0 Å². The van der Waals surface area contributed by atoms with Gasteiger partial charge < -0.3 is 9.15 Å². The average molecular weight is 391 g/mol. The van der Waals surface area contributed by atoms with Crippen LogP contribution in [-0.2, 0) is 13.7 Å². The summed E-state index contributed by atoms with van der Waals surface area (Å²) in [5, 5.41) is 5.04. The molecule has 26 heavy (non-hydrogen) atoms. The van der Waals surface area contributed by atoms with E-state index in [9.17, 15) is 4.79 Å². The van der Waals surface area contributed by atoms with E-state index in [4.69, 9.17) is 32.4 Å². The van der Waals surface area contributed by atoms with Gasteiger partial charge in [-0.2, -0.15) is 5.10 Å². The molecule has 7 heteroatoms. The molecule has 1 aromatic carbocycles. The fraction of sp³-hybridized carbons (Fsp3) is 0.158. The van der Waals surface area contributed by atoms with Crippen LogP contribution in [-0.4, -0.2) is 15.6 Å². The van der Waals surface area contributed by atoms with Gasteiger partial charge in [0.05, 0.1) is 16.8 Å². The zero-order chi connectivity index (χ0) is 18.7. The minimum Gasteiger partial charge on any atom is -0.484 e. The number of benzene rings is 1. The summed E-state index contributed by atoms with van der Waals surface area (Å²) in [4.78, 5) is 12.2. The van der Waals surface area contributed by atoms with Crippen LogP contribution in [0.25, 0.3) is 6.08 Å². The number of nitrogens with zero attached hydrogens (tertiary/aromatic N) is 2. The van der Waals surface area contributed by atoms with E-state index >= 15 is 0 Å². The van der Waals surface area contributed by atoms with E-state index in [0.29, 0.717) is 32.9 Å². The number of ketones is 1. The van der Waals surface area contributed by atoms with Crippen LogP contribution in [0.2, 0.25) is 10.0 Å². The Morgan fingerprint density at radius 2 is 2.12 bits per heavy atom. The van der Waals surface area contributed by atoms with Crippen molar-refractivity contribution in [3.05, 3.63) is 75.4 Å². The summed E-state index contributed by atoms with van der Waals surface area (Å²) in [5.74, 6) is 1.56. The summed E-state index contributed by atoms with van der Waals surface area (Å²) in [7, 11) is 1.79. The van der Waals surface area contributed by atoms with Crippen LogP contribution in [0, 0.1) is 6.92 Å². The smallest absolute Gasteiger partial charge is 0.189 e. The van der Waals surface area contributed by atoms with Crippen molar-refractivity contribution < 1.29 is 13.9 Å². The van der Waals surface area contributed by atoms with Gasteiger partial charge in [-0.1, -0.05) is 23.2 Å². The quantitative estimate of drug-likeness (QED) is 0.433. The number of halogens is 2. The first-order chi connectivity index (χ1) is 12.4. The summed E-state index contributed by atoms with van der Waals surface area (Å²) >= 11 is 11.9. The SMILES string of the molecule is Cc1c(C(=O)C=Cc2ccc(COc3ccc(Cl)cc3Cl)o2)cnn1C. The molecular weight excluding hydrogens is 375 g/mol. The monoisotopic (exact) mass is 390 g/mol. The minimum atomic E-state index is -0.127. The van der Waals surface area contributed by atoms with E-state index < -0.39 is 0 Å². The minimum absolute atomic E-state index is 0.127. The van der Waals surface area contributed by atoms with Gasteiger partial charge in [-0.15, -0.1) is 0 Å². The number of carbonyl (C=O) groups is 1.